The molecule has 2 aromatic heterocycles. The van der Waals surface area contributed by atoms with Crippen LogP contribution < -0.4 is 11.1 Å². The summed E-state index contributed by atoms with van der Waals surface area (Å²) in [6.07, 6.45) is 7.20. The number of carbonyl (C=O) groups excluding carboxylic acids is 1. The maximum absolute atomic E-state index is 11.8. The third kappa shape index (κ3) is 1.33. The van der Waals surface area contributed by atoms with Gasteiger partial charge in [0, 0.05) is 23.9 Å². The van der Waals surface area contributed by atoms with Gasteiger partial charge in [0.1, 0.15) is 11.8 Å². The highest BCUT2D eigenvalue weighted by Crippen LogP contribution is 2.61. The van der Waals surface area contributed by atoms with Gasteiger partial charge in [-0.2, -0.15) is 0 Å². The van der Waals surface area contributed by atoms with Crippen molar-refractivity contribution in [2.75, 3.05) is 5.73 Å². The van der Waals surface area contributed by atoms with E-state index in [-0.39, 0.29) is 11.4 Å². The third-order valence-electron chi connectivity index (χ3n) is 5.59. The quantitative estimate of drug-likeness (QED) is 0.800. The van der Waals surface area contributed by atoms with Gasteiger partial charge >= 0.3 is 0 Å². The first-order valence-electron chi connectivity index (χ1n) is 7.40. The second-order valence-electron chi connectivity index (χ2n) is 6.68. The first-order valence-corrected chi connectivity index (χ1v) is 7.40. The van der Waals surface area contributed by atoms with Crippen molar-refractivity contribution < 1.29 is 4.79 Å². The summed E-state index contributed by atoms with van der Waals surface area (Å²) < 4.78 is 2.12. The number of amides is 1. The summed E-state index contributed by atoms with van der Waals surface area (Å²) in [5.74, 6) is 1.67. The Morgan fingerprint density at radius 3 is 3.14 bits per heavy atom. The van der Waals surface area contributed by atoms with Crippen LogP contribution in [0.1, 0.15) is 31.7 Å². The average Bonchev–Trinajstić information content (AvgIpc) is 2.94. The zero-order valence-corrected chi connectivity index (χ0v) is 11.5. The Labute approximate surface area is 121 Å². The van der Waals surface area contributed by atoms with E-state index < -0.39 is 0 Å². The Balaban J connectivity index is 1.55. The number of piperidine rings is 1. The minimum absolute atomic E-state index is 0.0276. The van der Waals surface area contributed by atoms with E-state index in [1.165, 1.54) is 6.33 Å². The molecule has 2 saturated carbocycles. The van der Waals surface area contributed by atoms with Crippen LogP contribution in [0.4, 0.5) is 5.82 Å². The first-order chi connectivity index (χ1) is 10.2. The smallest absolute Gasteiger partial charge is 0.220 e. The van der Waals surface area contributed by atoms with E-state index >= 15 is 0 Å². The second-order valence-corrected chi connectivity index (χ2v) is 6.68. The molecule has 3 N–H and O–H groups in total. The molecule has 2 bridgehead atoms. The van der Waals surface area contributed by atoms with Crippen LogP contribution in [0.15, 0.2) is 12.7 Å². The topological polar surface area (TPSA) is 98.7 Å². The summed E-state index contributed by atoms with van der Waals surface area (Å²) in [4.78, 5) is 24.5. The van der Waals surface area contributed by atoms with Crippen LogP contribution in [-0.4, -0.2) is 31.0 Å². The standard InChI is InChI=1S/C14H16N6O/c15-12-11-13(17-5-16-12)20(6-18-11)9-4-14-3-7(1-8(9)14)2-10(21)19-14/h5-9H,1-4H2,(H,19,21)(H2,15,16,17). The van der Waals surface area contributed by atoms with Gasteiger partial charge in [0.25, 0.3) is 0 Å². The second kappa shape index (κ2) is 3.52. The molecular formula is C14H16N6O. The van der Waals surface area contributed by atoms with Crippen molar-refractivity contribution in [2.45, 2.75) is 37.3 Å². The number of aromatic nitrogens is 4. The molecule has 4 atom stereocenters. The van der Waals surface area contributed by atoms with Gasteiger partial charge < -0.3 is 15.6 Å². The highest BCUT2D eigenvalue weighted by molar-refractivity contribution is 5.81. The summed E-state index contributed by atoms with van der Waals surface area (Å²) in [6, 6.07) is 0.354. The fourth-order valence-electron chi connectivity index (χ4n) is 4.80. The molecule has 3 heterocycles. The Morgan fingerprint density at radius 1 is 1.33 bits per heavy atom. The zero-order chi connectivity index (χ0) is 14.2. The number of fused-ring (bicyclic) bond motifs is 2. The SMILES string of the molecule is Nc1ncnc2c1ncn2C1CC23CC(CC(=O)N2)CC13. The molecule has 108 valence electrons. The van der Waals surface area contributed by atoms with Gasteiger partial charge in [0.2, 0.25) is 5.91 Å². The van der Waals surface area contributed by atoms with Crippen LogP contribution in [0.3, 0.4) is 0 Å². The highest BCUT2D eigenvalue weighted by Gasteiger charge is 2.62. The van der Waals surface area contributed by atoms with Gasteiger partial charge in [0.05, 0.1) is 6.33 Å². The number of hydrogen-bond donors (Lipinski definition) is 2. The lowest BCUT2D eigenvalue weighted by molar-refractivity contribution is -0.128. The molecule has 5 rings (SSSR count). The lowest BCUT2D eigenvalue weighted by Gasteiger charge is -2.52. The molecule has 1 spiro atoms. The largest absolute Gasteiger partial charge is 0.382 e. The van der Waals surface area contributed by atoms with E-state index in [0.717, 1.165) is 24.9 Å². The molecule has 1 amide bonds. The van der Waals surface area contributed by atoms with Gasteiger partial charge in [0.15, 0.2) is 11.5 Å². The van der Waals surface area contributed by atoms with Crippen LogP contribution in [0.5, 0.6) is 0 Å². The summed E-state index contributed by atoms with van der Waals surface area (Å²) in [5.41, 5.74) is 7.35. The molecule has 4 unspecified atom stereocenters. The first kappa shape index (κ1) is 11.5. The summed E-state index contributed by atoms with van der Waals surface area (Å²) in [7, 11) is 0. The van der Waals surface area contributed by atoms with Crippen molar-refractivity contribution in [1.29, 1.82) is 0 Å². The van der Waals surface area contributed by atoms with Gasteiger partial charge in [-0.1, -0.05) is 0 Å². The van der Waals surface area contributed by atoms with Gasteiger partial charge in [-0.05, 0) is 25.2 Å². The van der Waals surface area contributed by atoms with Crippen molar-refractivity contribution in [3.63, 3.8) is 0 Å². The zero-order valence-electron chi connectivity index (χ0n) is 11.5. The van der Waals surface area contributed by atoms with Gasteiger partial charge in [-0.3, -0.25) is 4.79 Å². The summed E-state index contributed by atoms with van der Waals surface area (Å²) in [5, 5.41) is 3.24. The van der Waals surface area contributed by atoms with Crippen LogP contribution in [0, 0.1) is 11.8 Å². The molecule has 7 heteroatoms. The maximum atomic E-state index is 11.8. The third-order valence-corrected chi connectivity index (χ3v) is 5.59. The lowest BCUT2D eigenvalue weighted by Crippen LogP contribution is -2.62. The Morgan fingerprint density at radius 2 is 2.24 bits per heavy atom. The van der Waals surface area contributed by atoms with Crippen molar-refractivity contribution >= 4 is 22.9 Å². The summed E-state index contributed by atoms with van der Waals surface area (Å²) >= 11 is 0. The van der Waals surface area contributed by atoms with E-state index in [1.807, 2.05) is 6.33 Å². The molecule has 1 aliphatic heterocycles. The Bertz CT molecular complexity index is 770. The molecule has 7 nitrogen and oxygen atoms in total. The number of nitrogens with zero attached hydrogens (tertiary/aromatic N) is 4. The number of hydrogen-bond acceptors (Lipinski definition) is 5. The lowest BCUT2D eigenvalue weighted by atomic mass is 9.64. The van der Waals surface area contributed by atoms with Gasteiger partial charge in [-0.25, -0.2) is 15.0 Å². The molecule has 1 saturated heterocycles. The molecule has 21 heavy (non-hydrogen) atoms. The summed E-state index contributed by atoms with van der Waals surface area (Å²) in [6.45, 7) is 0. The van der Waals surface area contributed by atoms with E-state index in [1.54, 1.807) is 0 Å². The molecule has 2 aromatic rings. The van der Waals surface area contributed by atoms with Crippen molar-refractivity contribution in [2.24, 2.45) is 11.8 Å². The molecular weight excluding hydrogens is 268 g/mol. The fraction of sp³-hybridized carbons (Fsp3) is 0.571. The van der Waals surface area contributed by atoms with Crippen molar-refractivity contribution in [3.8, 4) is 0 Å². The van der Waals surface area contributed by atoms with E-state index in [2.05, 4.69) is 24.8 Å². The number of nitrogens with two attached hydrogens (primary N) is 1. The molecule has 2 aliphatic carbocycles. The number of imidazole rings is 1. The monoisotopic (exact) mass is 284 g/mol. The van der Waals surface area contributed by atoms with Crippen LogP contribution in [0.2, 0.25) is 0 Å². The van der Waals surface area contributed by atoms with Crippen molar-refractivity contribution in [1.82, 2.24) is 24.8 Å². The Kier molecular flexibility index (Phi) is 1.93. The minimum atomic E-state index is 0.0276. The maximum Gasteiger partial charge on any atom is 0.220 e. The molecule has 0 radical (unpaired) electrons. The number of nitrogens with one attached hydrogen (secondary N) is 1. The van der Waals surface area contributed by atoms with E-state index in [4.69, 9.17) is 5.73 Å². The number of rotatable bonds is 1. The molecule has 0 aromatic carbocycles. The Hall–Kier alpha value is -2.18. The van der Waals surface area contributed by atoms with E-state index in [0.29, 0.717) is 35.6 Å². The predicted octanol–water partition coefficient (Wildman–Crippen LogP) is 0.638. The predicted molar refractivity (Wildman–Crippen MR) is 75.1 cm³/mol. The van der Waals surface area contributed by atoms with Crippen LogP contribution in [-0.2, 0) is 4.79 Å². The van der Waals surface area contributed by atoms with Crippen molar-refractivity contribution in [3.05, 3.63) is 12.7 Å². The number of nitrogen functional groups attached to an aromatic ring is 1. The van der Waals surface area contributed by atoms with Crippen LogP contribution in [0.25, 0.3) is 11.2 Å². The van der Waals surface area contributed by atoms with Crippen LogP contribution >= 0.6 is 0 Å². The van der Waals surface area contributed by atoms with Gasteiger partial charge in [-0.15, -0.1) is 0 Å². The number of anilines is 1. The minimum Gasteiger partial charge on any atom is -0.382 e. The number of carbonyl (C=O) groups is 1. The molecule has 3 aliphatic rings. The molecule has 3 fully saturated rings. The highest BCUT2D eigenvalue weighted by atomic mass is 16.1. The van der Waals surface area contributed by atoms with E-state index in [9.17, 15) is 4.79 Å². The average molecular weight is 284 g/mol. The fourth-order valence-corrected chi connectivity index (χ4v) is 4.80. The normalized spacial score (nSPS) is 37.1.